The largest absolute Gasteiger partial charge is 0.336 e. The van der Waals surface area contributed by atoms with E-state index in [2.05, 4.69) is 27.0 Å². The highest BCUT2D eigenvalue weighted by Gasteiger charge is 2.15. The molecule has 7 nitrogen and oxygen atoms in total. The maximum Gasteiger partial charge on any atom is 0.331 e. The molecule has 0 fully saturated rings. The molecule has 7 heteroatoms. The lowest BCUT2D eigenvalue weighted by atomic mass is 10.1. The maximum atomic E-state index is 12.6. The number of fused-ring (bicyclic) bond motifs is 1. The molecule has 0 unspecified atom stereocenters. The van der Waals surface area contributed by atoms with Crippen molar-refractivity contribution >= 4 is 11.6 Å². The number of carbonyl (C=O) groups excluding carboxylic acids is 1. The fraction of sp³-hybridized carbons (Fsp3) is 0.278. The molecule has 1 amide bonds. The number of nitrogens with one attached hydrogen (secondary N) is 1. The molecule has 0 spiro atoms. The summed E-state index contributed by atoms with van der Waals surface area (Å²) in [5, 5.41) is 0. The van der Waals surface area contributed by atoms with Gasteiger partial charge in [-0.25, -0.2) is 9.78 Å². The number of aromatic nitrogens is 3. The van der Waals surface area contributed by atoms with E-state index in [9.17, 15) is 9.59 Å². The van der Waals surface area contributed by atoms with Crippen molar-refractivity contribution in [2.75, 3.05) is 21.1 Å². The van der Waals surface area contributed by atoms with Gasteiger partial charge in [0, 0.05) is 38.6 Å². The third-order valence-electron chi connectivity index (χ3n) is 3.92. The van der Waals surface area contributed by atoms with Crippen molar-refractivity contribution in [3.05, 3.63) is 70.0 Å². The molecule has 0 aliphatic carbocycles. The van der Waals surface area contributed by atoms with Gasteiger partial charge in [0.25, 0.3) is 5.91 Å². The summed E-state index contributed by atoms with van der Waals surface area (Å²) >= 11 is 0. The molecule has 0 bridgehead atoms. The molecule has 1 N–H and O–H groups in total. The van der Waals surface area contributed by atoms with E-state index in [1.54, 1.807) is 24.2 Å². The number of rotatable bonds is 5. The highest BCUT2D eigenvalue weighted by molar-refractivity contribution is 5.92. The summed E-state index contributed by atoms with van der Waals surface area (Å²) in [7, 11) is 5.76. The van der Waals surface area contributed by atoms with Gasteiger partial charge >= 0.3 is 5.69 Å². The second-order valence-corrected chi connectivity index (χ2v) is 6.36. The van der Waals surface area contributed by atoms with Crippen LogP contribution >= 0.6 is 0 Å². The number of benzene rings is 1. The Balaban J connectivity index is 1.74. The van der Waals surface area contributed by atoms with E-state index >= 15 is 0 Å². The van der Waals surface area contributed by atoms with E-state index < -0.39 is 0 Å². The average Bonchev–Trinajstić information content (AvgIpc) is 3.04. The zero-order chi connectivity index (χ0) is 18.0. The van der Waals surface area contributed by atoms with Crippen molar-refractivity contribution in [2.24, 2.45) is 0 Å². The Morgan fingerprint density at radius 3 is 2.40 bits per heavy atom. The Kier molecular flexibility index (Phi) is 4.67. The number of hydrogen-bond acceptors (Lipinski definition) is 4. The molecule has 1 aromatic carbocycles. The minimum absolute atomic E-state index is 0.232. The molecule has 2 aromatic heterocycles. The summed E-state index contributed by atoms with van der Waals surface area (Å²) < 4.78 is 1.36. The summed E-state index contributed by atoms with van der Waals surface area (Å²) in [6.45, 7) is 1.34. The molecule has 0 saturated carbocycles. The van der Waals surface area contributed by atoms with Crippen LogP contribution in [0.3, 0.4) is 0 Å². The van der Waals surface area contributed by atoms with Gasteiger partial charge in [0.05, 0.1) is 0 Å². The quantitative estimate of drug-likeness (QED) is 0.762. The summed E-state index contributed by atoms with van der Waals surface area (Å²) in [5.74, 6) is -0.250. The molecule has 3 rings (SSSR count). The highest BCUT2D eigenvalue weighted by Crippen LogP contribution is 2.10. The first-order valence-electron chi connectivity index (χ1n) is 7.98. The number of carbonyl (C=O) groups is 1. The number of aromatic amines is 1. The lowest BCUT2D eigenvalue weighted by Crippen LogP contribution is -2.30. The smallest absolute Gasteiger partial charge is 0.331 e. The van der Waals surface area contributed by atoms with E-state index in [1.807, 2.05) is 26.2 Å². The molecule has 0 aliphatic heterocycles. The van der Waals surface area contributed by atoms with Crippen LogP contribution in [0.5, 0.6) is 0 Å². The SMILES string of the molecule is CN(C)Cc1ccc(CN(C)C(=O)c2cc3nccn3c(=O)[nH]2)cc1. The first kappa shape index (κ1) is 16.9. The maximum absolute atomic E-state index is 12.6. The third kappa shape index (κ3) is 3.77. The standard InChI is InChI=1S/C18H21N5O2/c1-21(2)11-13-4-6-14(7-5-13)12-22(3)17(24)15-10-16-19-8-9-23(16)18(25)20-15/h4-10H,11-12H2,1-3H3,(H,20,25). The zero-order valence-corrected chi connectivity index (χ0v) is 14.6. The van der Waals surface area contributed by atoms with Crippen molar-refractivity contribution in [1.82, 2.24) is 24.2 Å². The first-order chi connectivity index (χ1) is 11.9. The summed E-state index contributed by atoms with van der Waals surface area (Å²) in [6, 6.07) is 9.74. The number of nitrogens with zero attached hydrogens (tertiary/aromatic N) is 4. The lowest BCUT2D eigenvalue weighted by Gasteiger charge is -2.17. The Morgan fingerprint density at radius 2 is 1.76 bits per heavy atom. The Morgan fingerprint density at radius 1 is 1.12 bits per heavy atom. The van der Waals surface area contributed by atoms with Crippen LogP contribution in [0.4, 0.5) is 0 Å². The van der Waals surface area contributed by atoms with Crippen LogP contribution in [0.1, 0.15) is 21.6 Å². The molecule has 130 valence electrons. The van der Waals surface area contributed by atoms with Crippen molar-refractivity contribution in [3.63, 3.8) is 0 Å². The van der Waals surface area contributed by atoms with Gasteiger partial charge in [-0.15, -0.1) is 0 Å². The minimum Gasteiger partial charge on any atom is -0.336 e. The molecule has 2 heterocycles. The van der Waals surface area contributed by atoms with Crippen LogP contribution in [0.15, 0.2) is 47.5 Å². The molecule has 0 saturated heterocycles. The number of H-pyrrole nitrogens is 1. The van der Waals surface area contributed by atoms with Crippen LogP contribution in [0, 0.1) is 0 Å². The molecule has 0 atom stereocenters. The lowest BCUT2D eigenvalue weighted by molar-refractivity contribution is 0.0779. The van der Waals surface area contributed by atoms with Crippen LogP contribution in [-0.2, 0) is 13.1 Å². The van der Waals surface area contributed by atoms with Gasteiger partial charge < -0.3 is 14.8 Å². The van der Waals surface area contributed by atoms with Gasteiger partial charge in [-0.1, -0.05) is 24.3 Å². The Hall–Kier alpha value is -2.93. The van der Waals surface area contributed by atoms with Crippen LogP contribution in [0.25, 0.3) is 5.65 Å². The average molecular weight is 339 g/mol. The fourth-order valence-electron chi connectivity index (χ4n) is 2.72. The summed E-state index contributed by atoms with van der Waals surface area (Å²) in [6.07, 6.45) is 3.08. The minimum atomic E-state index is -0.375. The molecular formula is C18H21N5O2. The molecule has 0 radical (unpaired) electrons. The van der Waals surface area contributed by atoms with Gasteiger partial charge in [0.2, 0.25) is 0 Å². The number of hydrogen-bond donors (Lipinski definition) is 1. The van der Waals surface area contributed by atoms with E-state index in [1.165, 1.54) is 16.2 Å². The van der Waals surface area contributed by atoms with E-state index in [4.69, 9.17) is 0 Å². The number of amides is 1. The third-order valence-corrected chi connectivity index (χ3v) is 3.92. The van der Waals surface area contributed by atoms with Gasteiger partial charge in [-0.2, -0.15) is 0 Å². The van der Waals surface area contributed by atoms with Crippen molar-refractivity contribution in [3.8, 4) is 0 Å². The predicted molar refractivity (Wildman–Crippen MR) is 95.4 cm³/mol. The normalized spacial score (nSPS) is 11.2. The molecule has 0 aliphatic rings. The van der Waals surface area contributed by atoms with Gasteiger partial charge in [0.1, 0.15) is 11.3 Å². The first-order valence-corrected chi connectivity index (χ1v) is 7.98. The fourth-order valence-corrected chi connectivity index (χ4v) is 2.72. The summed E-state index contributed by atoms with van der Waals surface area (Å²) in [4.78, 5) is 34.9. The van der Waals surface area contributed by atoms with E-state index in [0.717, 1.165) is 12.1 Å². The Bertz CT molecular complexity index is 940. The van der Waals surface area contributed by atoms with Crippen LogP contribution < -0.4 is 5.69 Å². The highest BCUT2D eigenvalue weighted by atomic mass is 16.2. The molecule has 3 aromatic rings. The van der Waals surface area contributed by atoms with Gasteiger partial charge in [0.15, 0.2) is 0 Å². The van der Waals surface area contributed by atoms with Crippen molar-refractivity contribution < 1.29 is 4.79 Å². The van der Waals surface area contributed by atoms with Crippen molar-refractivity contribution in [2.45, 2.75) is 13.1 Å². The Labute approximate surface area is 145 Å². The zero-order valence-electron chi connectivity index (χ0n) is 14.6. The number of imidazole rings is 1. The van der Waals surface area contributed by atoms with Crippen molar-refractivity contribution in [1.29, 1.82) is 0 Å². The predicted octanol–water partition coefficient (Wildman–Crippen LogP) is 1.36. The van der Waals surface area contributed by atoms with Gasteiger partial charge in [-0.3, -0.25) is 9.20 Å². The van der Waals surface area contributed by atoms with Gasteiger partial charge in [-0.05, 0) is 25.2 Å². The second kappa shape index (κ2) is 6.90. The molecule has 25 heavy (non-hydrogen) atoms. The summed E-state index contributed by atoms with van der Waals surface area (Å²) in [5.41, 5.74) is 2.56. The van der Waals surface area contributed by atoms with Crippen LogP contribution in [-0.4, -0.2) is 51.2 Å². The molecular weight excluding hydrogens is 318 g/mol. The van der Waals surface area contributed by atoms with E-state index in [-0.39, 0.29) is 17.3 Å². The monoisotopic (exact) mass is 339 g/mol. The van der Waals surface area contributed by atoms with E-state index in [0.29, 0.717) is 12.2 Å². The topological polar surface area (TPSA) is 73.7 Å². The second-order valence-electron chi connectivity index (χ2n) is 6.36. The van der Waals surface area contributed by atoms with Crippen LogP contribution in [0.2, 0.25) is 0 Å².